The van der Waals surface area contributed by atoms with E-state index in [0.717, 1.165) is 54.4 Å². The standard InChI is InChI=1S/C44H42Cl3N7O3/c1-26(32-14-12-29(45)23-34(32)47)54-25-49-40(27-8-4-3-5-9-27)42(54)39-33-15-13-30(46)24-35(33)50-41(39)44(57)51-36-22-28(43(56)48-2)11-16-37(36)52-20-17-31(18-21-52)53-19-7-6-10-38(53)55/h3-5,8-9,11-16,22-26,31,50H,6-7,10,17-21H2,1-2H3,(H,48,56)(H,51,57)/t26-/m0/s1. The van der Waals surface area contributed by atoms with Gasteiger partial charge in [-0.1, -0.05) is 77.3 Å². The van der Waals surface area contributed by atoms with Crippen molar-refractivity contribution in [2.75, 3.05) is 36.9 Å². The predicted octanol–water partition coefficient (Wildman–Crippen LogP) is 9.86. The first-order valence-corrected chi connectivity index (χ1v) is 20.3. The Kier molecular flexibility index (Phi) is 11.0. The van der Waals surface area contributed by atoms with Crippen LogP contribution in [0.4, 0.5) is 11.4 Å². The number of aromatic nitrogens is 3. The highest BCUT2D eigenvalue weighted by Gasteiger charge is 2.32. The van der Waals surface area contributed by atoms with Gasteiger partial charge in [0, 0.05) is 81.8 Å². The topological polar surface area (TPSA) is 115 Å². The minimum atomic E-state index is -0.412. The molecule has 10 nitrogen and oxygen atoms in total. The Morgan fingerprint density at radius 2 is 1.63 bits per heavy atom. The summed E-state index contributed by atoms with van der Waals surface area (Å²) in [6.07, 6.45) is 5.99. The second-order valence-electron chi connectivity index (χ2n) is 14.6. The molecule has 0 spiro atoms. The van der Waals surface area contributed by atoms with Gasteiger partial charge in [0.1, 0.15) is 5.69 Å². The van der Waals surface area contributed by atoms with Crippen molar-refractivity contribution >= 4 is 74.8 Å². The summed E-state index contributed by atoms with van der Waals surface area (Å²) in [5.41, 5.74) is 6.36. The molecule has 292 valence electrons. The average molecular weight is 823 g/mol. The molecule has 6 aromatic rings. The fourth-order valence-corrected chi connectivity index (χ4v) is 9.04. The molecule has 2 fully saturated rings. The molecule has 2 aliphatic heterocycles. The quantitative estimate of drug-likeness (QED) is 0.134. The number of nitrogens with one attached hydrogen (secondary N) is 3. The number of hydrogen-bond donors (Lipinski definition) is 3. The van der Waals surface area contributed by atoms with Crippen molar-refractivity contribution in [2.24, 2.45) is 0 Å². The number of hydrogen-bond acceptors (Lipinski definition) is 5. The normalized spacial score (nSPS) is 15.6. The van der Waals surface area contributed by atoms with E-state index in [1.165, 1.54) is 0 Å². The summed E-state index contributed by atoms with van der Waals surface area (Å²) in [6.45, 7) is 4.22. The first-order chi connectivity index (χ1) is 27.6. The number of anilines is 2. The largest absolute Gasteiger partial charge is 0.370 e. The SMILES string of the molecule is CNC(=O)c1ccc(N2CCC(N3CCCCC3=O)CC2)c(NC(=O)c2[nH]c3cc(Cl)ccc3c2-c2c(-c3ccccc3)ncn2[C@@H](C)c2ccc(Cl)cc2Cl)c1. The Morgan fingerprint density at radius 1 is 0.877 bits per heavy atom. The van der Waals surface area contributed by atoms with Gasteiger partial charge in [-0.05, 0) is 80.6 Å². The molecule has 2 saturated heterocycles. The Balaban J connectivity index is 1.23. The van der Waals surface area contributed by atoms with E-state index in [0.29, 0.717) is 74.0 Å². The molecule has 0 bridgehead atoms. The number of halogens is 3. The van der Waals surface area contributed by atoms with Gasteiger partial charge in [-0.3, -0.25) is 14.4 Å². The number of piperidine rings is 2. The number of imidazole rings is 1. The van der Waals surface area contributed by atoms with Crippen LogP contribution < -0.4 is 15.5 Å². The summed E-state index contributed by atoms with van der Waals surface area (Å²) in [5.74, 6) is -0.447. The minimum Gasteiger partial charge on any atom is -0.370 e. The van der Waals surface area contributed by atoms with Crippen molar-refractivity contribution < 1.29 is 14.4 Å². The summed E-state index contributed by atoms with van der Waals surface area (Å²) in [7, 11) is 1.58. The van der Waals surface area contributed by atoms with E-state index in [1.807, 2.05) is 60.0 Å². The number of fused-ring (bicyclic) bond motifs is 1. The van der Waals surface area contributed by atoms with Crippen LogP contribution in [0.3, 0.4) is 0 Å². The Morgan fingerprint density at radius 3 is 2.37 bits per heavy atom. The predicted molar refractivity (Wildman–Crippen MR) is 229 cm³/mol. The summed E-state index contributed by atoms with van der Waals surface area (Å²) >= 11 is 19.6. The Hall–Kier alpha value is -5.29. The average Bonchev–Trinajstić information content (AvgIpc) is 3.82. The number of carbonyl (C=O) groups is 3. The number of H-pyrrole nitrogens is 1. The highest BCUT2D eigenvalue weighted by molar-refractivity contribution is 6.35. The van der Waals surface area contributed by atoms with Crippen molar-refractivity contribution in [3.8, 4) is 22.5 Å². The van der Waals surface area contributed by atoms with Crippen LogP contribution in [0.2, 0.25) is 15.1 Å². The number of benzene rings is 4. The van der Waals surface area contributed by atoms with Gasteiger partial charge in [-0.2, -0.15) is 0 Å². The van der Waals surface area contributed by atoms with E-state index in [4.69, 9.17) is 39.8 Å². The highest BCUT2D eigenvalue weighted by atomic mass is 35.5. The molecule has 1 atom stereocenters. The summed E-state index contributed by atoms with van der Waals surface area (Å²) in [4.78, 5) is 53.2. The zero-order valence-electron chi connectivity index (χ0n) is 31.6. The van der Waals surface area contributed by atoms with Crippen LogP contribution in [0, 0.1) is 0 Å². The highest BCUT2D eigenvalue weighted by Crippen LogP contribution is 2.43. The molecule has 2 aromatic heterocycles. The maximum absolute atomic E-state index is 15.0. The number of carbonyl (C=O) groups excluding carboxylic acids is 3. The number of nitrogens with zero attached hydrogens (tertiary/aromatic N) is 4. The zero-order chi connectivity index (χ0) is 39.8. The van der Waals surface area contributed by atoms with Gasteiger partial charge >= 0.3 is 0 Å². The van der Waals surface area contributed by atoms with E-state index in [2.05, 4.69) is 25.4 Å². The molecular formula is C44H42Cl3N7O3. The lowest BCUT2D eigenvalue weighted by Gasteiger charge is -2.41. The molecule has 0 unspecified atom stereocenters. The zero-order valence-corrected chi connectivity index (χ0v) is 33.9. The molecule has 4 aromatic carbocycles. The van der Waals surface area contributed by atoms with Gasteiger partial charge in [-0.25, -0.2) is 4.98 Å². The lowest BCUT2D eigenvalue weighted by molar-refractivity contribution is -0.136. The van der Waals surface area contributed by atoms with Crippen molar-refractivity contribution in [1.29, 1.82) is 0 Å². The molecule has 8 rings (SSSR count). The fourth-order valence-electron chi connectivity index (χ4n) is 8.30. The van der Waals surface area contributed by atoms with E-state index in [-0.39, 0.29) is 23.9 Å². The second-order valence-corrected chi connectivity index (χ2v) is 15.9. The molecule has 3 amide bonds. The monoisotopic (exact) mass is 821 g/mol. The molecule has 2 aliphatic rings. The molecule has 4 heterocycles. The molecule has 0 saturated carbocycles. The van der Waals surface area contributed by atoms with Gasteiger partial charge in [0.05, 0.1) is 35.1 Å². The maximum atomic E-state index is 15.0. The lowest BCUT2D eigenvalue weighted by Crippen LogP contribution is -2.49. The fraction of sp³-hybridized carbons (Fsp3) is 0.273. The maximum Gasteiger partial charge on any atom is 0.272 e. The number of rotatable bonds is 9. The van der Waals surface area contributed by atoms with Crippen molar-refractivity contribution in [1.82, 2.24) is 24.8 Å². The Labute approximate surface area is 346 Å². The summed E-state index contributed by atoms with van der Waals surface area (Å²) in [6, 6.07) is 26.0. The molecule has 13 heteroatoms. The van der Waals surface area contributed by atoms with Gasteiger partial charge in [0.2, 0.25) is 5.91 Å². The lowest BCUT2D eigenvalue weighted by atomic mass is 9.98. The molecule has 3 N–H and O–H groups in total. The first kappa shape index (κ1) is 38.6. The number of amides is 3. The summed E-state index contributed by atoms with van der Waals surface area (Å²) < 4.78 is 2.03. The third-order valence-corrected chi connectivity index (χ3v) is 12.0. The van der Waals surface area contributed by atoms with E-state index in [1.54, 1.807) is 49.8 Å². The molecule has 0 aliphatic carbocycles. The van der Waals surface area contributed by atoms with Crippen LogP contribution in [0.15, 0.2) is 91.3 Å². The van der Waals surface area contributed by atoms with Crippen LogP contribution in [0.5, 0.6) is 0 Å². The minimum absolute atomic E-state index is 0.187. The number of aromatic amines is 1. The smallest absolute Gasteiger partial charge is 0.272 e. The van der Waals surface area contributed by atoms with Crippen molar-refractivity contribution in [3.63, 3.8) is 0 Å². The van der Waals surface area contributed by atoms with E-state index in [9.17, 15) is 14.4 Å². The van der Waals surface area contributed by atoms with Crippen LogP contribution in [0.1, 0.15) is 71.5 Å². The van der Waals surface area contributed by atoms with Gasteiger partial charge in [-0.15, -0.1) is 0 Å². The third-order valence-electron chi connectivity index (χ3n) is 11.2. The van der Waals surface area contributed by atoms with Crippen LogP contribution in [-0.2, 0) is 4.79 Å². The van der Waals surface area contributed by atoms with E-state index < -0.39 is 5.91 Å². The van der Waals surface area contributed by atoms with Crippen molar-refractivity contribution in [3.05, 3.63) is 123 Å². The van der Waals surface area contributed by atoms with Gasteiger partial charge in [0.25, 0.3) is 11.8 Å². The van der Waals surface area contributed by atoms with Crippen LogP contribution in [-0.4, -0.2) is 69.9 Å². The first-order valence-electron chi connectivity index (χ1n) is 19.2. The van der Waals surface area contributed by atoms with Crippen molar-refractivity contribution in [2.45, 2.75) is 51.1 Å². The second kappa shape index (κ2) is 16.3. The molecule has 0 radical (unpaired) electrons. The van der Waals surface area contributed by atoms with Gasteiger partial charge in [0.15, 0.2) is 0 Å². The Bertz CT molecular complexity index is 2490. The van der Waals surface area contributed by atoms with E-state index >= 15 is 0 Å². The van der Waals surface area contributed by atoms with Crippen LogP contribution in [0.25, 0.3) is 33.4 Å². The third kappa shape index (κ3) is 7.61. The summed E-state index contributed by atoms with van der Waals surface area (Å²) in [5, 5.41) is 8.22. The van der Waals surface area contributed by atoms with Crippen LogP contribution >= 0.6 is 34.8 Å². The number of likely N-dealkylation sites (tertiary alicyclic amines) is 1. The molecular weight excluding hydrogens is 781 g/mol. The van der Waals surface area contributed by atoms with Gasteiger partial charge < -0.3 is 30.0 Å². The molecule has 57 heavy (non-hydrogen) atoms.